The lowest BCUT2D eigenvalue weighted by atomic mass is 9.96. The molecule has 0 N–H and O–H groups in total. The van der Waals surface area contributed by atoms with E-state index in [9.17, 15) is 4.79 Å². The molecule has 0 bridgehead atoms. The second-order valence-corrected chi connectivity index (χ2v) is 6.24. The summed E-state index contributed by atoms with van der Waals surface area (Å²) in [6.07, 6.45) is 7.34. The third-order valence-electron chi connectivity index (χ3n) is 4.67. The number of piperazine rings is 1. The number of benzene rings is 1. The molecule has 4 nitrogen and oxygen atoms in total. The van der Waals surface area contributed by atoms with Crippen LogP contribution in [0.4, 0.5) is 0 Å². The second-order valence-electron chi connectivity index (χ2n) is 6.24. The predicted molar refractivity (Wildman–Crippen MR) is 89.1 cm³/mol. The Balaban J connectivity index is 1.80. The summed E-state index contributed by atoms with van der Waals surface area (Å²) in [5.41, 5.74) is 1.20. The zero-order valence-corrected chi connectivity index (χ0v) is 13.2. The van der Waals surface area contributed by atoms with Crippen LogP contribution in [0.5, 0.6) is 0 Å². The summed E-state index contributed by atoms with van der Waals surface area (Å²) in [6.45, 7) is 3.33. The van der Waals surface area contributed by atoms with E-state index in [1.165, 1.54) is 37.7 Å². The number of carbonyl (C=O) groups is 1. The first kappa shape index (κ1) is 15.1. The molecular weight excluding hydrogens is 274 g/mol. The van der Waals surface area contributed by atoms with Gasteiger partial charge in [0.2, 0.25) is 6.41 Å². The van der Waals surface area contributed by atoms with Crippen LogP contribution in [0.1, 0.15) is 37.7 Å². The van der Waals surface area contributed by atoms with Gasteiger partial charge in [-0.3, -0.25) is 9.79 Å². The maximum atomic E-state index is 10.9. The predicted octanol–water partition coefficient (Wildman–Crippen LogP) is 2.54. The minimum absolute atomic E-state index is 0.466. The molecule has 0 atom stereocenters. The maximum Gasteiger partial charge on any atom is 0.209 e. The highest BCUT2D eigenvalue weighted by atomic mass is 16.1. The van der Waals surface area contributed by atoms with E-state index in [1.54, 1.807) is 0 Å². The topological polar surface area (TPSA) is 35.9 Å². The Kier molecular flexibility index (Phi) is 5.09. The lowest BCUT2D eigenvalue weighted by Gasteiger charge is -2.35. The summed E-state index contributed by atoms with van der Waals surface area (Å²) < 4.78 is 0. The fourth-order valence-corrected chi connectivity index (χ4v) is 3.35. The molecule has 0 spiro atoms. The number of carbonyl (C=O) groups excluding carboxylic acids is 1. The van der Waals surface area contributed by atoms with Crippen molar-refractivity contribution in [2.24, 2.45) is 4.99 Å². The lowest BCUT2D eigenvalue weighted by molar-refractivity contribution is -0.119. The van der Waals surface area contributed by atoms with Gasteiger partial charge in [-0.25, -0.2) is 0 Å². The van der Waals surface area contributed by atoms with Crippen LogP contribution < -0.4 is 0 Å². The number of rotatable bonds is 3. The molecule has 1 aromatic carbocycles. The summed E-state index contributed by atoms with van der Waals surface area (Å²) >= 11 is 0. The Morgan fingerprint density at radius 2 is 1.68 bits per heavy atom. The van der Waals surface area contributed by atoms with Gasteiger partial charge < -0.3 is 9.80 Å². The summed E-state index contributed by atoms with van der Waals surface area (Å²) in [7, 11) is 0. The van der Waals surface area contributed by atoms with Crippen molar-refractivity contribution in [2.45, 2.75) is 38.1 Å². The van der Waals surface area contributed by atoms with Crippen molar-refractivity contribution in [3.8, 4) is 0 Å². The normalized spacial score (nSPS) is 21.0. The average Bonchev–Trinajstić information content (AvgIpc) is 2.61. The zero-order valence-electron chi connectivity index (χ0n) is 13.2. The molecule has 1 saturated heterocycles. The monoisotopic (exact) mass is 299 g/mol. The molecular formula is C18H25N3O. The van der Waals surface area contributed by atoms with Crippen LogP contribution in [0.3, 0.4) is 0 Å². The van der Waals surface area contributed by atoms with Crippen molar-refractivity contribution >= 4 is 12.2 Å². The Labute approximate surface area is 132 Å². The summed E-state index contributed by atoms with van der Waals surface area (Å²) in [5.74, 6) is 1.12. The lowest BCUT2D eigenvalue weighted by Crippen LogP contribution is -2.48. The maximum absolute atomic E-state index is 10.9. The molecule has 22 heavy (non-hydrogen) atoms. The smallest absolute Gasteiger partial charge is 0.209 e. The van der Waals surface area contributed by atoms with E-state index < -0.39 is 0 Å². The number of aliphatic imine (C=N–C) groups is 1. The molecule has 3 rings (SSSR count). The molecule has 2 aliphatic rings. The molecule has 1 amide bonds. The van der Waals surface area contributed by atoms with Gasteiger partial charge in [0.1, 0.15) is 5.84 Å². The Morgan fingerprint density at radius 1 is 1.00 bits per heavy atom. The number of hydrogen-bond acceptors (Lipinski definition) is 2. The van der Waals surface area contributed by atoms with Crippen molar-refractivity contribution < 1.29 is 4.79 Å². The van der Waals surface area contributed by atoms with E-state index in [0.29, 0.717) is 6.04 Å². The number of hydrogen-bond donors (Lipinski definition) is 0. The van der Waals surface area contributed by atoms with Crippen molar-refractivity contribution in [1.29, 1.82) is 0 Å². The number of nitrogens with zero attached hydrogens (tertiary/aromatic N) is 3. The first-order valence-corrected chi connectivity index (χ1v) is 8.44. The van der Waals surface area contributed by atoms with Crippen molar-refractivity contribution in [1.82, 2.24) is 9.80 Å². The van der Waals surface area contributed by atoms with Crippen molar-refractivity contribution in [3.63, 3.8) is 0 Å². The molecule has 1 saturated carbocycles. The zero-order chi connectivity index (χ0) is 15.2. The third kappa shape index (κ3) is 3.67. The average molecular weight is 299 g/mol. The quantitative estimate of drug-likeness (QED) is 0.488. The summed E-state index contributed by atoms with van der Waals surface area (Å²) in [6, 6.07) is 11.0. The van der Waals surface area contributed by atoms with Gasteiger partial charge in [-0.2, -0.15) is 0 Å². The highest BCUT2D eigenvalue weighted by Gasteiger charge is 2.22. The Hall–Kier alpha value is -1.84. The number of amidine groups is 1. The van der Waals surface area contributed by atoms with E-state index in [0.717, 1.165) is 38.4 Å². The Morgan fingerprint density at radius 3 is 2.32 bits per heavy atom. The molecule has 2 fully saturated rings. The molecule has 1 aliphatic heterocycles. The van der Waals surface area contributed by atoms with Crippen LogP contribution in [-0.2, 0) is 4.79 Å². The van der Waals surface area contributed by atoms with Gasteiger partial charge in [-0.15, -0.1) is 0 Å². The first-order chi connectivity index (χ1) is 10.9. The number of amides is 1. The van der Waals surface area contributed by atoms with E-state index in [-0.39, 0.29) is 0 Å². The molecule has 0 aromatic heterocycles. The van der Waals surface area contributed by atoms with Gasteiger partial charge in [0.15, 0.2) is 0 Å². The fourth-order valence-electron chi connectivity index (χ4n) is 3.35. The van der Waals surface area contributed by atoms with Crippen molar-refractivity contribution in [2.75, 3.05) is 26.2 Å². The second kappa shape index (κ2) is 7.43. The minimum atomic E-state index is 0.466. The van der Waals surface area contributed by atoms with Crippen LogP contribution in [0.2, 0.25) is 0 Å². The standard InChI is InChI=1S/C18H25N3O/c22-15-20-11-13-21(14-12-20)18(16-7-3-1-4-8-16)19-17-9-5-2-6-10-17/h1,3-4,7-8,15,17H,2,5-6,9-14H2. The van der Waals surface area contributed by atoms with Crippen LogP contribution in [0.15, 0.2) is 35.3 Å². The van der Waals surface area contributed by atoms with Gasteiger partial charge in [0, 0.05) is 31.7 Å². The van der Waals surface area contributed by atoms with E-state index >= 15 is 0 Å². The summed E-state index contributed by atoms with van der Waals surface area (Å²) in [5, 5.41) is 0. The van der Waals surface area contributed by atoms with E-state index in [1.807, 2.05) is 11.0 Å². The van der Waals surface area contributed by atoms with Gasteiger partial charge >= 0.3 is 0 Å². The van der Waals surface area contributed by atoms with Crippen LogP contribution in [0, 0.1) is 0 Å². The van der Waals surface area contributed by atoms with Gasteiger partial charge in [0.05, 0.1) is 6.04 Å². The molecule has 1 aromatic rings. The van der Waals surface area contributed by atoms with Crippen LogP contribution in [0.25, 0.3) is 0 Å². The third-order valence-corrected chi connectivity index (χ3v) is 4.67. The Bertz CT molecular complexity index is 500. The summed E-state index contributed by atoms with van der Waals surface area (Å²) in [4.78, 5) is 20.2. The molecule has 0 radical (unpaired) electrons. The molecule has 1 aliphatic carbocycles. The fraction of sp³-hybridized carbons (Fsp3) is 0.556. The molecule has 118 valence electrons. The molecule has 1 heterocycles. The van der Waals surface area contributed by atoms with Gasteiger partial charge in [-0.05, 0) is 12.8 Å². The highest BCUT2D eigenvalue weighted by molar-refractivity contribution is 5.99. The molecule has 4 heteroatoms. The van der Waals surface area contributed by atoms with Gasteiger partial charge in [0.25, 0.3) is 0 Å². The van der Waals surface area contributed by atoms with E-state index in [4.69, 9.17) is 4.99 Å². The van der Waals surface area contributed by atoms with Gasteiger partial charge in [-0.1, -0.05) is 49.6 Å². The van der Waals surface area contributed by atoms with Crippen LogP contribution in [-0.4, -0.2) is 54.3 Å². The largest absolute Gasteiger partial charge is 0.353 e. The first-order valence-electron chi connectivity index (χ1n) is 8.44. The minimum Gasteiger partial charge on any atom is -0.353 e. The highest BCUT2D eigenvalue weighted by Crippen LogP contribution is 2.22. The van der Waals surface area contributed by atoms with Crippen LogP contribution >= 0.6 is 0 Å². The van der Waals surface area contributed by atoms with Crippen molar-refractivity contribution in [3.05, 3.63) is 35.9 Å². The SMILES string of the molecule is O=CN1CCN(C(=NC2CCCCC2)c2ccccc2)CC1. The molecule has 0 unspecified atom stereocenters. The van der Waals surface area contributed by atoms with E-state index in [2.05, 4.69) is 29.2 Å².